The summed E-state index contributed by atoms with van der Waals surface area (Å²) < 4.78 is 5.34. The van der Waals surface area contributed by atoms with Gasteiger partial charge in [0.05, 0.1) is 24.6 Å². The van der Waals surface area contributed by atoms with Crippen molar-refractivity contribution in [1.29, 1.82) is 0 Å². The molecule has 0 saturated carbocycles. The van der Waals surface area contributed by atoms with Gasteiger partial charge in [0.25, 0.3) is 0 Å². The molecular formula is C22H28N4O3S. The van der Waals surface area contributed by atoms with Gasteiger partial charge < -0.3 is 10.1 Å². The zero-order chi connectivity index (χ0) is 21.2. The molecule has 3 rings (SSSR count). The van der Waals surface area contributed by atoms with Crippen LogP contribution in [-0.4, -0.2) is 61.1 Å². The van der Waals surface area contributed by atoms with Gasteiger partial charge in [0.2, 0.25) is 11.8 Å². The minimum absolute atomic E-state index is 0.110. The lowest BCUT2D eigenvalue weighted by Crippen LogP contribution is -2.37. The number of thiazole rings is 1. The number of nitrogens with one attached hydrogen (secondary N) is 1. The number of unbranched alkanes of at least 4 members (excludes halogenated alkanes) is 1. The fourth-order valence-corrected chi connectivity index (χ4v) is 4.03. The number of rotatable bonds is 9. The number of amides is 2. The maximum Gasteiger partial charge on any atom is 0.244 e. The number of morpholine rings is 1. The molecule has 0 unspecified atom stereocenters. The highest BCUT2D eigenvalue weighted by molar-refractivity contribution is 7.14. The summed E-state index contributed by atoms with van der Waals surface area (Å²) in [6.07, 6.45) is 5.16. The number of hydrogen-bond donors (Lipinski definition) is 1. The summed E-state index contributed by atoms with van der Waals surface area (Å²) in [6, 6.07) is 9.39. The molecule has 0 radical (unpaired) electrons. The van der Waals surface area contributed by atoms with Gasteiger partial charge in [-0.1, -0.05) is 18.2 Å². The summed E-state index contributed by atoms with van der Waals surface area (Å²) in [6.45, 7) is 6.83. The molecule has 1 saturated heterocycles. The van der Waals surface area contributed by atoms with Crippen molar-refractivity contribution in [2.24, 2.45) is 0 Å². The summed E-state index contributed by atoms with van der Waals surface area (Å²) >= 11 is 1.37. The third kappa shape index (κ3) is 6.76. The lowest BCUT2D eigenvalue weighted by molar-refractivity contribution is -0.117. The third-order valence-electron chi connectivity index (χ3n) is 4.74. The zero-order valence-corrected chi connectivity index (χ0v) is 18.1. The summed E-state index contributed by atoms with van der Waals surface area (Å²) in [5, 5.41) is 5.32. The number of aromatic nitrogens is 1. The summed E-state index contributed by atoms with van der Waals surface area (Å²) in [7, 11) is 0. The summed E-state index contributed by atoms with van der Waals surface area (Å²) in [4.78, 5) is 32.6. The molecule has 2 amide bonds. The van der Waals surface area contributed by atoms with E-state index >= 15 is 0 Å². The van der Waals surface area contributed by atoms with E-state index in [9.17, 15) is 9.59 Å². The van der Waals surface area contributed by atoms with Crippen LogP contribution in [0.25, 0.3) is 6.08 Å². The normalized spacial score (nSPS) is 14.7. The topological polar surface area (TPSA) is 74.8 Å². The van der Waals surface area contributed by atoms with Crippen LogP contribution in [0, 0.1) is 0 Å². The molecule has 2 aromatic rings. The van der Waals surface area contributed by atoms with Gasteiger partial charge in [-0.05, 0) is 37.6 Å². The Bertz CT molecular complexity index is 847. The van der Waals surface area contributed by atoms with Crippen LogP contribution in [0.5, 0.6) is 0 Å². The molecule has 0 spiro atoms. The number of carbonyl (C=O) groups excluding carboxylic acids is 2. The van der Waals surface area contributed by atoms with Gasteiger partial charge in [0.15, 0.2) is 5.13 Å². The van der Waals surface area contributed by atoms with Crippen molar-refractivity contribution < 1.29 is 14.3 Å². The van der Waals surface area contributed by atoms with Crippen molar-refractivity contribution >= 4 is 40.0 Å². The van der Waals surface area contributed by atoms with E-state index in [1.54, 1.807) is 11.0 Å². The van der Waals surface area contributed by atoms with Crippen LogP contribution >= 0.6 is 11.3 Å². The molecule has 8 heteroatoms. The predicted molar refractivity (Wildman–Crippen MR) is 120 cm³/mol. The predicted octanol–water partition coefficient (Wildman–Crippen LogP) is 3.07. The molecular weight excluding hydrogens is 400 g/mol. The highest BCUT2D eigenvalue weighted by Crippen LogP contribution is 2.28. The number of carbonyl (C=O) groups is 2. The second kappa shape index (κ2) is 11.6. The molecule has 0 atom stereocenters. The number of benzene rings is 1. The average Bonchev–Trinajstić information content (AvgIpc) is 3.22. The van der Waals surface area contributed by atoms with Crippen LogP contribution in [0.15, 0.2) is 41.8 Å². The fraction of sp³-hybridized carbons (Fsp3) is 0.409. The number of ether oxygens (including phenoxy) is 1. The maximum atomic E-state index is 12.1. The van der Waals surface area contributed by atoms with E-state index in [2.05, 4.69) is 15.2 Å². The van der Waals surface area contributed by atoms with Crippen molar-refractivity contribution in [1.82, 2.24) is 15.2 Å². The monoisotopic (exact) mass is 428 g/mol. The quantitative estimate of drug-likeness (QED) is 0.491. The Morgan fingerprint density at radius 3 is 2.73 bits per heavy atom. The van der Waals surface area contributed by atoms with Crippen LogP contribution in [0.4, 0.5) is 10.8 Å². The average molecular weight is 429 g/mol. The second-order valence-electron chi connectivity index (χ2n) is 7.03. The first-order valence-corrected chi connectivity index (χ1v) is 11.1. The van der Waals surface area contributed by atoms with Gasteiger partial charge in [-0.15, -0.1) is 11.3 Å². The highest BCUT2D eigenvalue weighted by atomic mass is 32.1. The van der Waals surface area contributed by atoms with Gasteiger partial charge in [-0.3, -0.25) is 19.4 Å². The van der Waals surface area contributed by atoms with E-state index in [0.29, 0.717) is 17.4 Å². The van der Waals surface area contributed by atoms with Crippen molar-refractivity contribution in [2.75, 3.05) is 44.3 Å². The molecule has 7 nitrogen and oxygen atoms in total. The molecule has 1 N–H and O–H groups in total. The van der Waals surface area contributed by atoms with Crippen LogP contribution in [0.2, 0.25) is 0 Å². The lowest BCUT2D eigenvalue weighted by atomic mass is 10.2. The van der Waals surface area contributed by atoms with Crippen LogP contribution in [0.3, 0.4) is 0 Å². The van der Waals surface area contributed by atoms with E-state index < -0.39 is 0 Å². The Morgan fingerprint density at radius 2 is 2.00 bits per heavy atom. The van der Waals surface area contributed by atoms with E-state index in [1.165, 1.54) is 24.3 Å². The Hall–Kier alpha value is -2.55. The van der Waals surface area contributed by atoms with Crippen molar-refractivity contribution in [2.45, 2.75) is 19.8 Å². The first kappa shape index (κ1) is 22.1. The molecule has 0 bridgehead atoms. The fourth-order valence-electron chi connectivity index (χ4n) is 3.18. The molecule has 1 fully saturated rings. The second-order valence-corrected chi connectivity index (χ2v) is 7.87. The number of hydrogen-bond acceptors (Lipinski definition) is 6. The van der Waals surface area contributed by atoms with Gasteiger partial charge >= 0.3 is 0 Å². The van der Waals surface area contributed by atoms with Crippen molar-refractivity contribution in [3.63, 3.8) is 0 Å². The Labute approximate surface area is 181 Å². The van der Waals surface area contributed by atoms with Crippen molar-refractivity contribution in [3.05, 3.63) is 47.5 Å². The molecule has 30 heavy (non-hydrogen) atoms. The Morgan fingerprint density at radius 1 is 1.23 bits per heavy atom. The SMILES string of the molecule is CC(=O)N(c1ccccc1)c1nc(/C=C/C(=O)NCCCCN2CCOCC2)cs1. The largest absolute Gasteiger partial charge is 0.379 e. The first-order valence-electron chi connectivity index (χ1n) is 10.2. The van der Waals surface area contributed by atoms with Gasteiger partial charge in [-0.2, -0.15) is 0 Å². The van der Waals surface area contributed by atoms with Crippen LogP contribution in [0.1, 0.15) is 25.5 Å². The van der Waals surface area contributed by atoms with E-state index in [-0.39, 0.29) is 11.8 Å². The van der Waals surface area contributed by atoms with E-state index in [0.717, 1.165) is 51.4 Å². The Kier molecular flexibility index (Phi) is 8.55. The standard InChI is InChI=1S/C22H28N4O3S/c1-18(27)26(20-7-3-2-4-8-20)22-24-19(17-30-22)9-10-21(28)23-11-5-6-12-25-13-15-29-16-14-25/h2-4,7-10,17H,5-6,11-16H2,1H3,(H,23,28)/b10-9+. The smallest absolute Gasteiger partial charge is 0.244 e. The highest BCUT2D eigenvalue weighted by Gasteiger charge is 2.17. The lowest BCUT2D eigenvalue weighted by Gasteiger charge is -2.26. The third-order valence-corrected chi connectivity index (χ3v) is 5.58. The van der Waals surface area contributed by atoms with Crippen molar-refractivity contribution in [3.8, 4) is 0 Å². The number of anilines is 2. The molecule has 1 aromatic heterocycles. The first-order chi connectivity index (χ1) is 14.6. The summed E-state index contributed by atoms with van der Waals surface area (Å²) in [5.41, 5.74) is 1.42. The molecule has 1 aliphatic rings. The molecule has 1 aliphatic heterocycles. The summed E-state index contributed by atoms with van der Waals surface area (Å²) in [5.74, 6) is -0.247. The minimum Gasteiger partial charge on any atom is -0.379 e. The zero-order valence-electron chi connectivity index (χ0n) is 17.3. The molecule has 2 heterocycles. The molecule has 1 aromatic carbocycles. The minimum atomic E-state index is -0.137. The Balaban J connectivity index is 1.44. The van der Waals surface area contributed by atoms with E-state index in [4.69, 9.17) is 4.74 Å². The molecule has 0 aliphatic carbocycles. The van der Waals surface area contributed by atoms with Crippen LogP contribution < -0.4 is 10.2 Å². The van der Waals surface area contributed by atoms with E-state index in [1.807, 2.05) is 35.7 Å². The number of nitrogens with zero attached hydrogens (tertiary/aromatic N) is 3. The van der Waals surface area contributed by atoms with Gasteiger partial charge in [-0.25, -0.2) is 4.98 Å². The molecule has 160 valence electrons. The number of para-hydroxylation sites is 1. The van der Waals surface area contributed by atoms with Gasteiger partial charge in [0, 0.05) is 38.0 Å². The maximum absolute atomic E-state index is 12.1. The van der Waals surface area contributed by atoms with Crippen LogP contribution in [-0.2, 0) is 14.3 Å². The van der Waals surface area contributed by atoms with Gasteiger partial charge in [0.1, 0.15) is 0 Å².